The van der Waals surface area contributed by atoms with Gasteiger partial charge in [0.15, 0.2) is 0 Å². The van der Waals surface area contributed by atoms with Crippen LogP contribution in [0.3, 0.4) is 0 Å². The molecule has 1 saturated heterocycles. The molecule has 14 heavy (non-hydrogen) atoms. The SMILES string of the molecule is CC.CC.CC(=O)N1CCOCC1.O. The molecule has 1 rings (SSSR count). The average molecular weight is 207 g/mol. The summed E-state index contributed by atoms with van der Waals surface area (Å²) in [5, 5.41) is 0. The number of hydrogen-bond acceptors (Lipinski definition) is 2. The molecular formula is C10H25NO3. The molecule has 4 nitrogen and oxygen atoms in total. The molecule has 0 spiro atoms. The first-order valence-corrected chi connectivity index (χ1v) is 5.14. The fourth-order valence-corrected chi connectivity index (χ4v) is 0.878. The molecule has 1 amide bonds. The molecule has 0 radical (unpaired) electrons. The summed E-state index contributed by atoms with van der Waals surface area (Å²) in [6.45, 7) is 12.5. The van der Waals surface area contributed by atoms with Crippen LogP contribution >= 0.6 is 0 Å². The zero-order valence-electron chi connectivity index (χ0n) is 10.1. The quantitative estimate of drug-likeness (QED) is 0.597. The van der Waals surface area contributed by atoms with E-state index in [1.54, 1.807) is 11.8 Å². The van der Waals surface area contributed by atoms with Crippen LogP contribution in [0.15, 0.2) is 0 Å². The van der Waals surface area contributed by atoms with Gasteiger partial charge in [-0.05, 0) is 0 Å². The van der Waals surface area contributed by atoms with Crippen molar-refractivity contribution in [2.75, 3.05) is 26.3 Å². The third-order valence-electron chi connectivity index (χ3n) is 1.46. The predicted octanol–water partition coefficient (Wildman–Crippen LogP) is 1.09. The first kappa shape index (κ1) is 19.0. The number of rotatable bonds is 0. The van der Waals surface area contributed by atoms with Crippen LogP contribution in [-0.2, 0) is 9.53 Å². The van der Waals surface area contributed by atoms with E-state index >= 15 is 0 Å². The molecule has 2 N–H and O–H groups in total. The maximum atomic E-state index is 10.7. The van der Waals surface area contributed by atoms with Gasteiger partial charge in [-0.25, -0.2) is 0 Å². The number of amides is 1. The van der Waals surface area contributed by atoms with Crippen molar-refractivity contribution < 1.29 is 15.0 Å². The first-order valence-electron chi connectivity index (χ1n) is 5.14. The molecule has 0 aromatic carbocycles. The van der Waals surface area contributed by atoms with Crippen molar-refractivity contribution >= 4 is 5.91 Å². The standard InChI is InChI=1S/C6H11NO2.2C2H6.H2O/c1-6(8)7-2-4-9-5-3-7;2*1-2;/h2-5H2,1H3;2*1-2H3;1H2. The zero-order chi connectivity index (χ0) is 10.7. The van der Waals surface area contributed by atoms with Gasteiger partial charge in [0.05, 0.1) is 13.2 Å². The van der Waals surface area contributed by atoms with E-state index in [0.717, 1.165) is 13.1 Å². The molecule has 4 heteroatoms. The molecule has 0 atom stereocenters. The van der Waals surface area contributed by atoms with Gasteiger partial charge in [-0.2, -0.15) is 0 Å². The summed E-state index contributed by atoms with van der Waals surface area (Å²) in [6, 6.07) is 0. The maximum absolute atomic E-state index is 10.7. The van der Waals surface area contributed by atoms with Crippen molar-refractivity contribution in [3.05, 3.63) is 0 Å². The van der Waals surface area contributed by atoms with Crippen molar-refractivity contribution in [1.82, 2.24) is 4.90 Å². The Kier molecular flexibility index (Phi) is 20.3. The molecule has 0 unspecified atom stereocenters. The summed E-state index contributed by atoms with van der Waals surface area (Å²) < 4.78 is 5.06. The summed E-state index contributed by atoms with van der Waals surface area (Å²) in [4.78, 5) is 12.5. The lowest BCUT2D eigenvalue weighted by atomic mass is 10.4. The molecule has 0 bridgehead atoms. The summed E-state index contributed by atoms with van der Waals surface area (Å²) in [6.07, 6.45) is 0. The minimum absolute atomic E-state index is 0. The molecule has 0 saturated carbocycles. The Bertz CT molecular complexity index is 112. The lowest BCUT2D eigenvalue weighted by molar-refractivity contribution is -0.132. The van der Waals surface area contributed by atoms with Crippen LogP contribution in [-0.4, -0.2) is 42.6 Å². The highest BCUT2D eigenvalue weighted by Crippen LogP contribution is 1.95. The highest BCUT2D eigenvalue weighted by Gasteiger charge is 2.11. The van der Waals surface area contributed by atoms with Gasteiger partial charge in [-0.3, -0.25) is 4.79 Å². The highest BCUT2D eigenvalue weighted by atomic mass is 16.5. The normalized spacial score (nSPS) is 13.6. The lowest BCUT2D eigenvalue weighted by Gasteiger charge is -2.25. The second kappa shape index (κ2) is 14.9. The minimum Gasteiger partial charge on any atom is -0.412 e. The summed E-state index contributed by atoms with van der Waals surface area (Å²) in [5.41, 5.74) is 0. The van der Waals surface area contributed by atoms with Crippen LogP contribution in [0.5, 0.6) is 0 Å². The Labute approximate surface area is 87.5 Å². The second-order valence-corrected chi connectivity index (χ2v) is 2.12. The van der Waals surface area contributed by atoms with Gasteiger partial charge in [-0.1, -0.05) is 27.7 Å². The van der Waals surface area contributed by atoms with E-state index in [2.05, 4.69) is 0 Å². The molecule has 0 aromatic heterocycles. The molecule has 1 aliphatic rings. The number of ether oxygens (including phenoxy) is 1. The number of morpholine rings is 1. The van der Waals surface area contributed by atoms with Crippen molar-refractivity contribution in [3.63, 3.8) is 0 Å². The van der Waals surface area contributed by atoms with Gasteiger partial charge in [0, 0.05) is 20.0 Å². The van der Waals surface area contributed by atoms with E-state index in [-0.39, 0.29) is 11.4 Å². The van der Waals surface area contributed by atoms with Crippen molar-refractivity contribution in [2.45, 2.75) is 34.6 Å². The van der Waals surface area contributed by atoms with Gasteiger partial charge in [0.2, 0.25) is 5.91 Å². The fourth-order valence-electron chi connectivity index (χ4n) is 0.878. The number of carbonyl (C=O) groups excluding carboxylic acids is 1. The third-order valence-corrected chi connectivity index (χ3v) is 1.46. The van der Waals surface area contributed by atoms with Crippen LogP contribution in [0.1, 0.15) is 34.6 Å². The molecular weight excluding hydrogens is 182 g/mol. The maximum Gasteiger partial charge on any atom is 0.219 e. The van der Waals surface area contributed by atoms with E-state index in [0.29, 0.717) is 13.2 Å². The fraction of sp³-hybridized carbons (Fsp3) is 0.900. The molecule has 1 fully saturated rings. The van der Waals surface area contributed by atoms with E-state index in [9.17, 15) is 4.79 Å². The van der Waals surface area contributed by atoms with Crippen LogP contribution in [0.2, 0.25) is 0 Å². The van der Waals surface area contributed by atoms with Crippen LogP contribution in [0.25, 0.3) is 0 Å². The predicted molar refractivity (Wildman–Crippen MR) is 59.4 cm³/mol. The average Bonchev–Trinajstić information content (AvgIpc) is 2.25. The van der Waals surface area contributed by atoms with E-state index in [1.807, 2.05) is 27.7 Å². The largest absolute Gasteiger partial charge is 0.412 e. The summed E-state index contributed by atoms with van der Waals surface area (Å²) >= 11 is 0. The molecule has 1 aliphatic heterocycles. The smallest absolute Gasteiger partial charge is 0.219 e. The van der Waals surface area contributed by atoms with E-state index in [4.69, 9.17) is 4.74 Å². The third kappa shape index (κ3) is 9.48. The number of nitrogens with zero attached hydrogens (tertiary/aromatic N) is 1. The molecule has 0 aromatic rings. The van der Waals surface area contributed by atoms with Crippen molar-refractivity contribution in [3.8, 4) is 0 Å². The van der Waals surface area contributed by atoms with Gasteiger partial charge in [-0.15, -0.1) is 0 Å². The lowest BCUT2D eigenvalue weighted by Crippen LogP contribution is -2.39. The Balaban J connectivity index is -0.000000216. The minimum atomic E-state index is 0. The van der Waals surface area contributed by atoms with Gasteiger partial charge in [0.1, 0.15) is 0 Å². The zero-order valence-corrected chi connectivity index (χ0v) is 10.1. The molecule has 0 aliphatic carbocycles. The molecule has 1 heterocycles. The van der Waals surface area contributed by atoms with Crippen LogP contribution in [0, 0.1) is 0 Å². The van der Waals surface area contributed by atoms with E-state index < -0.39 is 0 Å². The topological polar surface area (TPSA) is 61.0 Å². The van der Waals surface area contributed by atoms with Crippen LogP contribution in [0.4, 0.5) is 0 Å². The number of hydrogen-bond donors (Lipinski definition) is 0. The molecule has 88 valence electrons. The van der Waals surface area contributed by atoms with Gasteiger partial charge in [0.25, 0.3) is 0 Å². The Morgan fingerprint density at radius 3 is 1.64 bits per heavy atom. The summed E-state index contributed by atoms with van der Waals surface area (Å²) in [7, 11) is 0. The Morgan fingerprint density at radius 2 is 1.43 bits per heavy atom. The number of carbonyl (C=O) groups is 1. The van der Waals surface area contributed by atoms with Gasteiger partial charge >= 0.3 is 0 Å². The van der Waals surface area contributed by atoms with Crippen LogP contribution < -0.4 is 0 Å². The second-order valence-electron chi connectivity index (χ2n) is 2.12. The van der Waals surface area contributed by atoms with E-state index in [1.165, 1.54) is 0 Å². The highest BCUT2D eigenvalue weighted by molar-refractivity contribution is 5.73. The monoisotopic (exact) mass is 207 g/mol. The van der Waals surface area contributed by atoms with Gasteiger partial charge < -0.3 is 15.1 Å². The Hall–Kier alpha value is -0.610. The summed E-state index contributed by atoms with van der Waals surface area (Å²) in [5.74, 6) is 0.151. The first-order chi connectivity index (χ1) is 6.30. The van der Waals surface area contributed by atoms with Crippen molar-refractivity contribution in [1.29, 1.82) is 0 Å². The Morgan fingerprint density at radius 1 is 1.07 bits per heavy atom. The van der Waals surface area contributed by atoms with Crippen molar-refractivity contribution in [2.24, 2.45) is 0 Å².